The van der Waals surface area contributed by atoms with E-state index in [9.17, 15) is 13.2 Å². The number of hydrogen-bond donors (Lipinski definition) is 1. The minimum absolute atomic E-state index is 0.0718. The van der Waals surface area contributed by atoms with Crippen molar-refractivity contribution >= 4 is 26.7 Å². The summed E-state index contributed by atoms with van der Waals surface area (Å²) in [5.41, 5.74) is 0. The van der Waals surface area contributed by atoms with Crippen LogP contribution in [0.5, 0.6) is 0 Å². The molecule has 0 aliphatic carbocycles. The number of nitrogens with one attached hydrogen (secondary N) is 1. The highest BCUT2D eigenvalue weighted by atomic mass is 32.2. The highest BCUT2D eigenvalue weighted by Gasteiger charge is 2.19. The van der Waals surface area contributed by atoms with Crippen LogP contribution in [0.25, 0.3) is 10.8 Å². The molecule has 112 valence electrons. The van der Waals surface area contributed by atoms with Crippen LogP contribution in [0.1, 0.15) is 12.8 Å². The van der Waals surface area contributed by atoms with Crippen molar-refractivity contribution in [3.05, 3.63) is 36.7 Å². The van der Waals surface area contributed by atoms with E-state index in [2.05, 4.69) is 9.71 Å². The van der Waals surface area contributed by atoms with E-state index in [1.807, 2.05) is 0 Å². The van der Waals surface area contributed by atoms with Crippen LogP contribution in [-0.2, 0) is 19.6 Å². The van der Waals surface area contributed by atoms with Gasteiger partial charge in [-0.1, -0.05) is 12.1 Å². The molecule has 0 aliphatic heterocycles. The van der Waals surface area contributed by atoms with Gasteiger partial charge in [0.1, 0.15) is 0 Å². The van der Waals surface area contributed by atoms with E-state index in [1.165, 1.54) is 19.4 Å². The molecule has 6 nitrogen and oxygen atoms in total. The van der Waals surface area contributed by atoms with Gasteiger partial charge in [-0.25, -0.2) is 13.1 Å². The number of nitrogens with zero attached hydrogens (tertiary/aromatic N) is 1. The Morgan fingerprint density at radius 2 is 2.14 bits per heavy atom. The lowest BCUT2D eigenvalue weighted by Crippen LogP contribution is -2.30. The van der Waals surface area contributed by atoms with Crippen molar-refractivity contribution in [2.24, 2.45) is 0 Å². The Bertz CT molecular complexity index is 738. The highest BCUT2D eigenvalue weighted by Crippen LogP contribution is 2.21. The zero-order chi connectivity index (χ0) is 15.3. The summed E-state index contributed by atoms with van der Waals surface area (Å²) < 4.78 is 31.5. The maximum atomic E-state index is 12.3. The topological polar surface area (TPSA) is 85.4 Å². The fraction of sp³-hybridized carbons (Fsp3) is 0.286. The number of carbonyl (C=O) groups excluding carboxylic acids is 1. The molecule has 2 rings (SSSR count). The fourth-order valence-corrected chi connectivity index (χ4v) is 3.20. The predicted octanol–water partition coefficient (Wildman–Crippen LogP) is 1.47. The molecule has 21 heavy (non-hydrogen) atoms. The molecule has 7 heteroatoms. The SMILES string of the molecule is COCCCC(=O)NS(=O)(=O)c1cccc2cnccc12. The summed E-state index contributed by atoms with van der Waals surface area (Å²) in [7, 11) is -2.36. The van der Waals surface area contributed by atoms with Crippen LogP contribution in [0.3, 0.4) is 0 Å². The second-order valence-corrected chi connectivity index (χ2v) is 6.13. The lowest BCUT2D eigenvalue weighted by molar-refractivity contribution is -0.119. The lowest BCUT2D eigenvalue weighted by atomic mass is 10.2. The number of sulfonamides is 1. The summed E-state index contributed by atoms with van der Waals surface area (Å²) in [4.78, 5) is 15.7. The van der Waals surface area contributed by atoms with Crippen LogP contribution in [-0.4, -0.2) is 33.0 Å². The number of benzene rings is 1. The Balaban J connectivity index is 2.24. The highest BCUT2D eigenvalue weighted by molar-refractivity contribution is 7.90. The van der Waals surface area contributed by atoms with Gasteiger partial charge in [0.05, 0.1) is 4.90 Å². The molecule has 0 spiro atoms. The third kappa shape index (κ3) is 3.77. The van der Waals surface area contributed by atoms with Gasteiger partial charge in [0.15, 0.2) is 0 Å². The van der Waals surface area contributed by atoms with Gasteiger partial charge < -0.3 is 4.74 Å². The van der Waals surface area contributed by atoms with Crippen molar-refractivity contribution < 1.29 is 17.9 Å². The molecule has 1 aromatic carbocycles. The van der Waals surface area contributed by atoms with Crippen molar-refractivity contribution in [3.8, 4) is 0 Å². The van der Waals surface area contributed by atoms with Crippen LogP contribution < -0.4 is 4.72 Å². The maximum Gasteiger partial charge on any atom is 0.264 e. The van der Waals surface area contributed by atoms with Gasteiger partial charge in [-0.05, 0) is 18.6 Å². The van der Waals surface area contributed by atoms with E-state index < -0.39 is 15.9 Å². The molecule has 0 aliphatic rings. The summed E-state index contributed by atoms with van der Waals surface area (Å²) in [6.45, 7) is 0.410. The average Bonchev–Trinajstić information content (AvgIpc) is 2.46. The molecular formula is C14H16N2O4S. The van der Waals surface area contributed by atoms with Crippen LogP contribution in [0.4, 0.5) is 0 Å². The molecule has 1 heterocycles. The van der Waals surface area contributed by atoms with Crippen molar-refractivity contribution in [1.29, 1.82) is 0 Å². The van der Waals surface area contributed by atoms with Crippen molar-refractivity contribution in [3.63, 3.8) is 0 Å². The minimum atomic E-state index is -3.89. The number of aromatic nitrogens is 1. The average molecular weight is 308 g/mol. The van der Waals surface area contributed by atoms with E-state index in [-0.39, 0.29) is 11.3 Å². The third-order valence-electron chi connectivity index (χ3n) is 2.93. The fourth-order valence-electron chi connectivity index (χ4n) is 1.96. The molecule has 1 aromatic heterocycles. The molecular weight excluding hydrogens is 292 g/mol. The van der Waals surface area contributed by atoms with Gasteiger partial charge >= 0.3 is 0 Å². The van der Waals surface area contributed by atoms with E-state index in [4.69, 9.17) is 4.74 Å². The summed E-state index contributed by atoms with van der Waals surface area (Å²) >= 11 is 0. The smallest absolute Gasteiger partial charge is 0.264 e. The Hall–Kier alpha value is -1.99. The largest absolute Gasteiger partial charge is 0.385 e. The second kappa shape index (κ2) is 6.64. The molecule has 0 radical (unpaired) electrons. The number of fused-ring (bicyclic) bond motifs is 1. The first kappa shape index (κ1) is 15.4. The van der Waals surface area contributed by atoms with E-state index in [0.717, 1.165) is 0 Å². The van der Waals surface area contributed by atoms with Gasteiger partial charge in [0.2, 0.25) is 5.91 Å². The quantitative estimate of drug-likeness (QED) is 0.817. The molecule has 0 bridgehead atoms. The minimum Gasteiger partial charge on any atom is -0.385 e. The zero-order valence-corrected chi connectivity index (χ0v) is 12.4. The molecule has 2 aromatic rings. The van der Waals surface area contributed by atoms with Gasteiger partial charge in [-0.3, -0.25) is 9.78 Å². The normalized spacial score (nSPS) is 11.5. The van der Waals surface area contributed by atoms with E-state index in [1.54, 1.807) is 24.4 Å². The summed E-state index contributed by atoms with van der Waals surface area (Å²) in [6, 6.07) is 6.46. The Labute approximate surface area is 123 Å². The Morgan fingerprint density at radius 1 is 1.33 bits per heavy atom. The first-order valence-corrected chi connectivity index (χ1v) is 7.90. The summed E-state index contributed by atoms with van der Waals surface area (Å²) in [5, 5.41) is 1.23. The predicted molar refractivity (Wildman–Crippen MR) is 78.2 cm³/mol. The van der Waals surface area contributed by atoms with Crippen LogP contribution in [0, 0.1) is 0 Å². The van der Waals surface area contributed by atoms with Gasteiger partial charge in [0.25, 0.3) is 10.0 Å². The van der Waals surface area contributed by atoms with Crippen molar-refractivity contribution in [2.75, 3.05) is 13.7 Å². The Kier molecular flexibility index (Phi) is 4.87. The number of rotatable bonds is 6. The maximum absolute atomic E-state index is 12.3. The molecule has 0 saturated heterocycles. The van der Waals surface area contributed by atoms with Crippen LogP contribution >= 0.6 is 0 Å². The molecule has 0 saturated carbocycles. The molecule has 1 N–H and O–H groups in total. The number of ether oxygens (including phenoxy) is 1. The van der Waals surface area contributed by atoms with Gasteiger partial charge in [-0.2, -0.15) is 0 Å². The number of methoxy groups -OCH3 is 1. The van der Waals surface area contributed by atoms with Crippen molar-refractivity contribution in [2.45, 2.75) is 17.7 Å². The standard InChI is InChI=1S/C14H16N2O4S/c1-20-9-3-6-14(17)16-21(18,19)13-5-2-4-11-10-15-8-7-12(11)13/h2,4-5,7-8,10H,3,6,9H2,1H3,(H,16,17). The first-order chi connectivity index (χ1) is 10.0. The monoisotopic (exact) mass is 308 g/mol. The summed E-state index contributed by atoms with van der Waals surface area (Å²) in [6.07, 6.45) is 3.66. The summed E-state index contributed by atoms with van der Waals surface area (Å²) in [5.74, 6) is -0.543. The van der Waals surface area contributed by atoms with E-state index in [0.29, 0.717) is 23.8 Å². The third-order valence-corrected chi connectivity index (χ3v) is 4.36. The number of carbonyl (C=O) groups is 1. The zero-order valence-electron chi connectivity index (χ0n) is 11.6. The van der Waals surface area contributed by atoms with Gasteiger partial charge in [-0.15, -0.1) is 0 Å². The van der Waals surface area contributed by atoms with Crippen molar-refractivity contribution in [1.82, 2.24) is 9.71 Å². The number of amides is 1. The number of pyridine rings is 1. The second-order valence-electron chi connectivity index (χ2n) is 4.48. The lowest BCUT2D eigenvalue weighted by Gasteiger charge is -2.09. The molecule has 0 atom stereocenters. The van der Waals surface area contributed by atoms with Crippen LogP contribution in [0.15, 0.2) is 41.6 Å². The number of hydrogen-bond acceptors (Lipinski definition) is 5. The first-order valence-electron chi connectivity index (χ1n) is 6.42. The molecule has 0 unspecified atom stereocenters. The molecule has 1 amide bonds. The van der Waals surface area contributed by atoms with Crippen LogP contribution in [0.2, 0.25) is 0 Å². The van der Waals surface area contributed by atoms with E-state index >= 15 is 0 Å². The molecule has 0 fully saturated rings. The Morgan fingerprint density at radius 3 is 2.90 bits per heavy atom. The van der Waals surface area contributed by atoms with Gasteiger partial charge in [0, 0.05) is 43.3 Å².